The third kappa shape index (κ3) is 3.26. The van der Waals surface area contributed by atoms with Crippen LogP contribution in [0.25, 0.3) is 0 Å². The zero-order valence-corrected chi connectivity index (χ0v) is 8.96. The fourth-order valence-electron chi connectivity index (χ4n) is 1.09. The predicted octanol–water partition coefficient (Wildman–Crippen LogP) is 3.44. The van der Waals surface area contributed by atoms with Gasteiger partial charge in [-0.1, -0.05) is 12.1 Å². The summed E-state index contributed by atoms with van der Waals surface area (Å²) in [5.74, 6) is -6.02. The summed E-state index contributed by atoms with van der Waals surface area (Å²) in [5, 5.41) is 0. The first kappa shape index (κ1) is 16.1. The van der Waals surface area contributed by atoms with Crippen molar-refractivity contribution in [3.05, 3.63) is 35.6 Å². The first-order valence-electron chi connectivity index (χ1n) is 4.12. The van der Waals surface area contributed by atoms with Crippen LogP contribution in [0.2, 0.25) is 0 Å². The smallest absolute Gasteiger partial charge is 0.319 e. The van der Waals surface area contributed by atoms with Crippen LogP contribution in [0.5, 0.6) is 0 Å². The SMILES string of the molecule is Cl.N[C@@H](c1cccc(F)c1)C(F)(F)C(F)(F)F. The Labute approximate surface area is 99.0 Å². The van der Waals surface area contributed by atoms with Gasteiger partial charge in [0, 0.05) is 0 Å². The number of rotatable bonds is 2. The van der Waals surface area contributed by atoms with Crippen molar-refractivity contribution in [3.8, 4) is 0 Å². The second-order valence-electron chi connectivity index (χ2n) is 3.15. The molecule has 1 atom stereocenters. The minimum absolute atomic E-state index is 0. The lowest BCUT2D eigenvalue weighted by Gasteiger charge is -2.25. The minimum Gasteiger partial charge on any atom is -0.319 e. The van der Waals surface area contributed by atoms with Gasteiger partial charge in [0.1, 0.15) is 11.9 Å². The Kier molecular flexibility index (Phi) is 4.85. The Morgan fingerprint density at radius 1 is 1.06 bits per heavy atom. The zero-order chi connectivity index (χ0) is 12.6. The number of alkyl halides is 5. The van der Waals surface area contributed by atoms with Crippen LogP contribution >= 0.6 is 12.4 Å². The highest BCUT2D eigenvalue weighted by Crippen LogP contribution is 2.43. The lowest BCUT2D eigenvalue weighted by molar-refractivity contribution is -0.291. The normalized spacial score (nSPS) is 14.1. The first-order chi connectivity index (χ1) is 7.16. The van der Waals surface area contributed by atoms with E-state index in [1.807, 2.05) is 0 Å². The number of nitrogens with two attached hydrogens (primary N) is 1. The molecule has 1 rings (SSSR count). The molecule has 1 aromatic rings. The van der Waals surface area contributed by atoms with Crippen molar-refractivity contribution < 1.29 is 26.3 Å². The van der Waals surface area contributed by atoms with Gasteiger partial charge in [0.25, 0.3) is 0 Å². The van der Waals surface area contributed by atoms with Crippen molar-refractivity contribution in [3.63, 3.8) is 0 Å². The first-order valence-corrected chi connectivity index (χ1v) is 4.12. The van der Waals surface area contributed by atoms with Crippen molar-refractivity contribution in [2.75, 3.05) is 0 Å². The lowest BCUT2D eigenvalue weighted by Crippen LogP contribution is -2.45. The van der Waals surface area contributed by atoms with E-state index in [-0.39, 0.29) is 12.4 Å². The third-order valence-electron chi connectivity index (χ3n) is 1.98. The molecule has 0 amide bonds. The summed E-state index contributed by atoms with van der Waals surface area (Å²) in [7, 11) is 0. The summed E-state index contributed by atoms with van der Waals surface area (Å²) in [6.45, 7) is 0. The van der Waals surface area contributed by atoms with Gasteiger partial charge in [-0.3, -0.25) is 0 Å². The highest BCUT2D eigenvalue weighted by molar-refractivity contribution is 5.85. The molecule has 0 radical (unpaired) electrons. The van der Waals surface area contributed by atoms with Crippen LogP contribution in [-0.4, -0.2) is 12.1 Å². The molecular weight excluding hydrogens is 272 g/mol. The van der Waals surface area contributed by atoms with Gasteiger partial charge in [-0.25, -0.2) is 4.39 Å². The topological polar surface area (TPSA) is 26.0 Å². The van der Waals surface area contributed by atoms with Crippen LogP contribution in [0, 0.1) is 5.82 Å². The van der Waals surface area contributed by atoms with E-state index in [0.29, 0.717) is 6.07 Å². The van der Waals surface area contributed by atoms with Crippen molar-refractivity contribution in [2.45, 2.75) is 18.1 Å². The van der Waals surface area contributed by atoms with Crippen molar-refractivity contribution >= 4 is 12.4 Å². The maximum absolute atomic E-state index is 12.8. The Morgan fingerprint density at radius 3 is 2.00 bits per heavy atom. The van der Waals surface area contributed by atoms with Gasteiger partial charge in [0.15, 0.2) is 0 Å². The zero-order valence-electron chi connectivity index (χ0n) is 8.14. The largest absolute Gasteiger partial charge is 0.455 e. The van der Waals surface area contributed by atoms with Gasteiger partial charge in [0.2, 0.25) is 0 Å². The van der Waals surface area contributed by atoms with E-state index in [2.05, 4.69) is 0 Å². The molecule has 0 saturated heterocycles. The molecule has 1 nitrogen and oxygen atoms in total. The average Bonchev–Trinajstić information content (AvgIpc) is 2.14. The lowest BCUT2D eigenvalue weighted by atomic mass is 10.0. The van der Waals surface area contributed by atoms with Crippen LogP contribution in [0.1, 0.15) is 11.6 Å². The Bertz CT molecular complexity index is 378. The van der Waals surface area contributed by atoms with E-state index in [0.717, 1.165) is 18.2 Å². The van der Waals surface area contributed by atoms with Gasteiger partial charge < -0.3 is 5.73 Å². The van der Waals surface area contributed by atoms with Gasteiger partial charge in [0.05, 0.1) is 0 Å². The average molecular weight is 280 g/mol. The molecule has 0 bridgehead atoms. The van der Waals surface area contributed by atoms with E-state index in [4.69, 9.17) is 5.73 Å². The summed E-state index contributed by atoms with van der Waals surface area (Å²) < 4.78 is 74.0. The number of hydrogen-bond donors (Lipinski definition) is 1. The van der Waals surface area contributed by atoms with Crippen molar-refractivity contribution in [1.29, 1.82) is 0 Å². The summed E-state index contributed by atoms with van der Waals surface area (Å²) in [6.07, 6.45) is -5.77. The molecule has 17 heavy (non-hydrogen) atoms. The van der Waals surface area contributed by atoms with Gasteiger partial charge >= 0.3 is 12.1 Å². The molecule has 8 heteroatoms. The molecule has 0 spiro atoms. The molecule has 0 fully saturated rings. The van der Waals surface area contributed by atoms with E-state index in [9.17, 15) is 26.3 Å². The second kappa shape index (κ2) is 5.14. The molecule has 1 aromatic carbocycles. The van der Waals surface area contributed by atoms with E-state index in [1.165, 1.54) is 0 Å². The highest BCUT2D eigenvalue weighted by Gasteiger charge is 2.61. The van der Waals surface area contributed by atoms with Crippen LogP contribution in [0.4, 0.5) is 26.3 Å². The van der Waals surface area contributed by atoms with E-state index < -0.39 is 29.5 Å². The summed E-state index contributed by atoms with van der Waals surface area (Å²) >= 11 is 0. The quantitative estimate of drug-likeness (QED) is 0.825. The Balaban J connectivity index is 0.00000256. The van der Waals surface area contributed by atoms with Crippen molar-refractivity contribution in [1.82, 2.24) is 0 Å². The Hall–Kier alpha value is -0.950. The standard InChI is InChI=1S/C9H7F6N.ClH/c10-6-3-1-2-5(4-6)7(16)8(11,12)9(13,14)15;/h1-4,7H,16H2;1H/t7-;/m0./s1. The Morgan fingerprint density at radius 2 is 1.59 bits per heavy atom. The van der Waals surface area contributed by atoms with Crippen LogP contribution in [-0.2, 0) is 0 Å². The van der Waals surface area contributed by atoms with E-state index >= 15 is 0 Å². The fourth-order valence-corrected chi connectivity index (χ4v) is 1.09. The fraction of sp³-hybridized carbons (Fsp3) is 0.333. The minimum atomic E-state index is -5.77. The van der Waals surface area contributed by atoms with Gasteiger partial charge in [-0.2, -0.15) is 22.0 Å². The number of benzene rings is 1. The summed E-state index contributed by atoms with van der Waals surface area (Å²) in [6, 6.07) is 0.764. The molecule has 0 saturated carbocycles. The molecular formula is C9H8ClF6N. The van der Waals surface area contributed by atoms with Crippen LogP contribution in [0.15, 0.2) is 24.3 Å². The highest BCUT2D eigenvalue weighted by atomic mass is 35.5. The predicted molar refractivity (Wildman–Crippen MR) is 51.6 cm³/mol. The molecule has 0 aliphatic rings. The molecule has 0 heterocycles. The number of halogens is 7. The maximum Gasteiger partial charge on any atom is 0.455 e. The molecule has 2 N–H and O–H groups in total. The maximum atomic E-state index is 12.8. The van der Waals surface area contributed by atoms with Gasteiger partial charge in [-0.05, 0) is 17.7 Å². The number of hydrogen-bond acceptors (Lipinski definition) is 1. The van der Waals surface area contributed by atoms with Crippen molar-refractivity contribution in [2.24, 2.45) is 5.73 Å². The third-order valence-corrected chi connectivity index (χ3v) is 1.98. The summed E-state index contributed by atoms with van der Waals surface area (Å²) in [4.78, 5) is 0. The monoisotopic (exact) mass is 279 g/mol. The van der Waals surface area contributed by atoms with Gasteiger partial charge in [-0.15, -0.1) is 12.4 Å². The molecule has 0 unspecified atom stereocenters. The van der Waals surface area contributed by atoms with Crippen LogP contribution in [0.3, 0.4) is 0 Å². The molecule has 98 valence electrons. The molecule has 0 aliphatic carbocycles. The van der Waals surface area contributed by atoms with E-state index in [1.54, 1.807) is 0 Å². The molecule has 0 aliphatic heterocycles. The molecule has 0 aromatic heterocycles. The summed E-state index contributed by atoms with van der Waals surface area (Å²) in [5.41, 5.74) is 4.18. The second-order valence-corrected chi connectivity index (χ2v) is 3.15. The van der Waals surface area contributed by atoms with Crippen LogP contribution < -0.4 is 5.73 Å².